The molecule has 0 saturated carbocycles. The van der Waals surface area contributed by atoms with Crippen LogP contribution in [0.5, 0.6) is 0 Å². The Balaban J connectivity index is 2.63. The Kier molecular flexibility index (Phi) is 3.93. The summed E-state index contributed by atoms with van der Waals surface area (Å²) in [6.45, 7) is -0.353. The lowest BCUT2D eigenvalue weighted by Gasteiger charge is -2.06. The summed E-state index contributed by atoms with van der Waals surface area (Å²) in [7, 11) is 0. The molecule has 0 aromatic heterocycles. The maximum absolute atomic E-state index is 11.8. The van der Waals surface area contributed by atoms with E-state index in [9.17, 15) is 8.78 Å². The van der Waals surface area contributed by atoms with Crippen LogP contribution >= 0.6 is 27.5 Å². The van der Waals surface area contributed by atoms with Gasteiger partial charge in [-0.15, -0.1) is 0 Å². The van der Waals surface area contributed by atoms with Crippen LogP contribution in [0, 0.1) is 0 Å². The van der Waals surface area contributed by atoms with E-state index in [1.165, 1.54) is 0 Å². The maximum atomic E-state index is 11.8. The molecule has 5 heteroatoms. The molecule has 0 heterocycles. The van der Waals surface area contributed by atoms with Crippen molar-refractivity contribution < 1.29 is 8.78 Å². The van der Waals surface area contributed by atoms with Gasteiger partial charge in [-0.05, 0) is 34.1 Å². The van der Waals surface area contributed by atoms with E-state index >= 15 is 0 Å². The van der Waals surface area contributed by atoms with E-state index in [2.05, 4.69) is 21.2 Å². The van der Waals surface area contributed by atoms with Gasteiger partial charge >= 0.3 is 0 Å². The highest BCUT2D eigenvalue weighted by Gasteiger charge is 2.02. The third-order valence-corrected chi connectivity index (χ3v) is 2.59. The van der Waals surface area contributed by atoms with Gasteiger partial charge in [-0.3, -0.25) is 0 Å². The lowest BCUT2D eigenvalue weighted by atomic mass is 10.3. The van der Waals surface area contributed by atoms with E-state index in [-0.39, 0.29) is 6.54 Å². The van der Waals surface area contributed by atoms with Gasteiger partial charge in [0.2, 0.25) is 0 Å². The lowest BCUT2D eigenvalue weighted by Crippen LogP contribution is -2.09. The van der Waals surface area contributed by atoms with Crippen molar-refractivity contribution >= 4 is 33.2 Å². The Morgan fingerprint density at radius 1 is 1.46 bits per heavy atom. The average molecular weight is 271 g/mol. The number of alkyl halides is 2. The van der Waals surface area contributed by atoms with Crippen molar-refractivity contribution in [1.29, 1.82) is 0 Å². The molecule has 0 aliphatic carbocycles. The van der Waals surface area contributed by atoms with Crippen LogP contribution in [0.2, 0.25) is 5.02 Å². The van der Waals surface area contributed by atoms with Crippen molar-refractivity contribution in [2.24, 2.45) is 0 Å². The van der Waals surface area contributed by atoms with Crippen LogP contribution in [-0.2, 0) is 0 Å². The van der Waals surface area contributed by atoms with E-state index < -0.39 is 6.43 Å². The largest absolute Gasteiger partial charge is 0.379 e. The SMILES string of the molecule is FC(F)CNc1ccc(Cl)c(Br)c1. The smallest absolute Gasteiger partial charge is 0.255 e. The second-order valence-corrected chi connectivity index (χ2v) is 3.66. The highest BCUT2D eigenvalue weighted by atomic mass is 79.9. The summed E-state index contributed by atoms with van der Waals surface area (Å²) in [6, 6.07) is 4.94. The number of benzene rings is 1. The number of nitrogens with one attached hydrogen (secondary N) is 1. The van der Waals surface area contributed by atoms with Crippen LogP contribution in [0.15, 0.2) is 22.7 Å². The Labute approximate surface area is 88.2 Å². The molecule has 0 unspecified atom stereocenters. The van der Waals surface area contributed by atoms with Crippen LogP contribution in [0.25, 0.3) is 0 Å². The highest BCUT2D eigenvalue weighted by Crippen LogP contribution is 2.25. The van der Waals surface area contributed by atoms with Crippen molar-refractivity contribution in [3.63, 3.8) is 0 Å². The fourth-order valence-corrected chi connectivity index (χ4v) is 1.30. The van der Waals surface area contributed by atoms with Gasteiger partial charge in [-0.25, -0.2) is 8.78 Å². The maximum Gasteiger partial charge on any atom is 0.255 e. The Morgan fingerprint density at radius 3 is 2.69 bits per heavy atom. The van der Waals surface area contributed by atoms with Gasteiger partial charge in [0.05, 0.1) is 11.6 Å². The summed E-state index contributed by atoms with van der Waals surface area (Å²) in [4.78, 5) is 0. The Bertz CT molecular complexity index is 293. The molecular weight excluding hydrogens is 263 g/mol. The van der Waals surface area contributed by atoms with Crippen molar-refractivity contribution in [3.05, 3.63) is 27.7 Å². The van der Waals surface area contributed by atoms with E-state index in [4.69, 9.17) is 11.6 Å². The van der Waals surface area contributed by atoms with Gasteiger partial charge < -0.3 is 5.32 Å². The summed E-state index contributed by atoms with van der Waals surface area (Å²) < 4.78 is 24.3. The molecular formula is C8H7BrClF2N. The number of anilines is 1. The first-order valence-electron chi connectivity index (χ1n) is 3.56. The monoisotopic (exact) mass is 269 g/mol. The van der Waals surface area contributed by atoms with Crippen LogP contribution in [0.4, 0.5) is 14.5 Å². The molecule has 0 saturated heterocycles. The Hall–Kier alpha value is -0.350. The third kappa shape index (κ3) is 3.48. The van der Waals surface area contributed by atoms with Gasteiger partial charge in [-0.2, -0.15) is 0 Å². The molecule has 0 amide bonds. The van der Waals surface area contributed by atoms with Crippen LogP contribution < -0.4 is 5.32 Å². The molecule has 13 heavy (non-hydrogen) atoms. The quantitative estimate of drug-likeness (QED) is 0.881. The molecule has 1 aromatic carbocycles. The topological polar surface area (TPSA) is 12.0 Å². The Morgan fingerprint density at radius 2 is 2.15 bits per heavy atom. The molecule has 0 aliphatic rings. The van der Waals surface area contributed by atoms with Crippen LogP contribution in [0.3, 0.4) is 0 Å². The predicted molar refractivity (Wildman–Crippen MR) is 53.6 cm³/mol. The van der Waals surface area contributed by atoms with Crippen molar-refractivity contribution in [2.45, 2.75) is 6.43 Å². The molecule has 0 fully saturated rings. The normalized spacial score (nSPS) is 10.5. The average Bonchev–Trinajstić information content (AvgIpc) is 2.07. The minimum absolute atomic E-state index is 0.353. The minimum atomic E-state index is -2.35. The fourth-order valence-electron chi connectivity index (χ4n) is 0.801. The molecule has 1 aromatic rings. The fraction of sp³-hybridized carbons (Fsp3) is 0.250. The van der Waals surface area contributed by atoms with Crippen molar-refractivity contribution in [2.75, 3.05) is 11.9 Å². The zero-order valence-electron chi connectivity index (χ0n) is 6.53. The van der Waals surface area contributed by atoms with E-state index in [0.717, 1.165) is 0 Å². The molecule has 0 bridgehead atoms. The van der Waals surface area contributed by atoms with Gasteiger partial charge in [0, 0.05) is 10.2 Å². The second-order valence-electron chi connectivity index (χ2n) is 2.40. The number of hydrogen-bond donors (Lipinski definition) is 1. The van der Waals surface area contributed by atoms with Crippen LogP contribution in [-0.4, -0.2) is 13.0 Å². The summed E-state index contributed by atoms with van der Waals surface area (Å²) in [5.74, 6) is 0. The van der Waals surface area contributed by atoms with Gasteiger partial charge in [0.1, 0.15) is 0 Å². The molecule has 0 aliphatic heterocycles. The van der Waals surface area contributed by atoms with E-state index in [0.29, 0.717) is 15.2 Å². The van der Waals surface area contributed by atoms with Crippen LogP contribution in [0.1, 0.15) is 0 Å². The minimum Gasteiger partial charge on any atom is -0.379 e. The predicted octanol–water partition coefficient (Wildman–Crippen LogP) is 3.78. The molecule has 0 radical (unpaired) electrons. The number of rotatable bonds is 3. The highest BCUT2D eigenvalue weighted by molar-refractivity contribution is 9.10. The van der Waals surface area contributed by atoms with Gasteiger partial charge in [-0.1, -0.05) is 11.6 Å². The first-order chi connectivity index (χ1) is 6.09. The van der Waals surface area contributed by atoms with Gasteiger partial charge in [0.25, 0.3) is 6.43 Å². The van der Waals surface area contributed by atoms with Crippen molar-refractivity contribution in [3.8, 4) is 0 Å². The standard InChI is InChI=1S/C8H7BrClF2N/c9-6-3-5(1-2-7(6)10)13-4-8(11)12/h1-3,8,13H,4H2. The molecule has 0 spiro atoms. The zero-order valence-corrected chi connectivity index (χ0v) is 8.87. The molecule has 1 N–H and O–H groups in total. The first kappa shape index (κ1) is 10.7. The molecule has 1 rings (SSSR count). The third-order valence-electron chi connectivity index (χ3n) is 1.38. The number of halogens is 4. The molecule has 0 atom stereocenters. The summed E-state index contributed by atoms with van der Waals surface area (Å²) >= 11 is 8.91. The summed E-state index contributed by atoms with van der Waals surface area (Å²) in [6.07, 6.45) is -2.35. The molecule has 1 nitrogen and oxygen atoms in total. The second kappa shape index (κ2) is 4.77. The van der Waals surface area contributed by atoms with Gasteiger partial charge in [0.15, 0.2) is 0 Å². The van der Waals surface area contributed by atoms with E-state index in [1.54, 1.807) is 18.2 Å². The summed E-state index contributed by atoms with van der Waals surface area (Å²) in [5, 5.41) is 3.13. The molecule has 72 valence electrons. The zero-order chi connectivity index (χ0) is 9.84. The first-order valence-corrected chi connectivity index (χ1v) is 4.74. The number of hydrogen-bond acceptors (Lipinski definition) is 1. The summed E-state index contributed by atoms with van der Waals surface area (Å²) in [5.41, 5.74) is 0.622. The van der Waals surface area contributed by atoms with E-state index in [1.807, 2.05) is 0 Å². The lowest BCUT2D eigenvalue weighted by molar-refractivity contribution is 0.163. The van der Waals surface area contributed by atoms with Crippen molar-refractivity contribution in [1.82, 2.24) is 0 Å².